The number of halogens is 1. The van der Waals surface area contributed by atoms with Crippen molar-refractivity contribution in [2.45, 2.75) is 6.42 Å². The fourth-order valence-corrected chi connectivity index (χ4v) is 3.47. The number of nitrogens with zero attached hydrogens (tertiary/aromatic N) is 3. The van der Waals surface area contributed by atoms with Crippen molar-refractivity contribution in [2.75, 3.05) is 0 Å². The molecule has 0 saturated carbocycles. The number of benzene rings is 1. The first-order valence-corrected chi connectivity index (χ1v) is 8.46. The molecule has 4 rings (SSSR count). The number of thiophene rings is 1. The van der Waals surface area contributed by atoms with Crippen molar-refractivity contribution >= 4 is 33.2 Å². The molecule has 3 nitrogen and oxygen atoms in total. The molecule has 3 heterocycles. The quantitative estimate of drug-likeness (QED) is 0.494. The van der Waals surface area contributed by atoms with Gasteiger partial charge < -0.3 is 0 Å². The molecule has 0 atom stereocenters. The predicted octanol–water partition coefficient (Wildman–Crippen LogP) is 5.00. The van der Waals surface area contributed by atoms with E-state index in [9.17, 15) is 0 Å². The number of fused-ring (bicyclic) bond motifs is 1. The molecule has 0 fully saturated rings. The van der Waals surface area contributed by atoms with Crippen LogP contribution >= 0.6 is 22.9 Å². The zero-order valence-corrected chi connectivity index (χ0v) is 13.7. The zero-order chi connectivity index (χ0) is 15.6. The van der Waals surface area contributed by atoms with Crippen LogP contribution in [0, 0.1) is 0 Å². The van der Waals surface area contributed by atoms with E-state index >= 15 is 0 Å². The van der Waals surface area contributed by atoms with E-state index < -0.39 is 0 Å². The van der Waals surface area contributed by atoms with E-state index in [0.29, 0.717) is 11.0 Å². The van der Waals surface area contributed by atoms with Crippen LogP contribution in [0.15, 0.2) is 60.0 Å². The van der Waals surface area contributed by atoms with Crippen molar-refractivity contribution in [2.24, 2.45) is 0 Å². The smallest absolute Gasteiger partial charge is 0.180 e. The van der Waals surface area contributed by atoms with E-state index in [0.717, 1.165) is 28.0 Å². The van der Waals surface area contributed by atoms with Gasteiger partial charge in [-0.1, -0.05) is 48.0 Å². The summed E-state index contributed by atoms with van der Waals surface area (Å²) < 4.78 is 0.913. The topological polar surface area (TPSA) is 38.7 Å². The van der Waals surface area contributed by atoms with Gasteiger partial charge in [0, 0.05) is 12.1 Å². The highest BCUT2D eigenvalue weighted by Crippen LogP contribution is 2.28. The third kappa shape index (κ3) is 2.96. The lowest BCUT2D eigenvalue weighted by Crippen LogP contribution is -1.97. The molecule has 0 radical (unpaired) electrons. The van der Waals surface area contributed by atoms with Crippen LogP contribution in [0.1, 0.15) is 11.3 Å². The van der Waals surface area contributed by atoms with Crippen molar-refractivity contribution in [3.8, 4) is 11.5 Å². The van der Waals surface area contributed by atoms with Gasteiger partial charge in [0.15, 0.2) is 11.0 Å². The Hall–Kier alpha value is -2.30. The van der Waals surface area contributed by atoms with Gasteiger partial charge in [-0.2, -0.15) is 0 Å². The van der Waals surface area contributed by atoms with Gasteiger partial charge in [-0.05, 0) is 29.1 Å². The Labute approximate surface area is 142 Å². The van der Waals surface area contributed by atoms with E-state index in [1.807, 2.05) is 47.8 Å². The molecule has 0 aliphatic rings. The van der Waals surface area contributed by atoms with Gasteiger partial charge in [-0.25, -0.2) is 15.0 Å². The minimum Gasteiger partial charge on any atom is -0.249 e. The normalized spacial score (nSPS) is 11.0. The van der Waals surface area contributed by atoms with Crippen LogP contribution in [0.25, 0.3) is 21.7 Å². The largest absolute Gasteiger partial charge is 0.249 e. The van der Waals surface area contributed by atoms with E-state index in [-0.39, 0.29) is 0 Å². The maximum atomic E-state index is 6.25. The van der Waals surface area contributed by atoms with E-state index in [1.54, 1.807) is 11.3 Å². The molecule has 0 aliphatic heterocycles. The second kappa shape index (κ2) is 6.07. The van der Waals surface area contributed by atoms with E-state index in [1.165, 1.54) is 5.56 Å². The van der Waals surface area contributed by atoms with Gasteiger partial charge in [0.2, 0.25) is 0 Å². The third-order valence-corrected chi connectivity index (χ3v) is 4.82. The van der Waals surface area contributed by atoms with Crippen molar-refractivity contribution < 1.29 is 0 Å². The average molecular weight is 338 g/mol. The number of rotatable bonds is 3. The molecule has 1 aromatic carbocycles. The summed E-state index contributed by atoms with van der Waals surface area (Å²) in [6.07, 6.45) is 0.781. The number of hydrogen-bond donors (Lipinski definition) is 0. The van der Waals surface area contributed by atoms with Gasteiger partial charge in [-0.3, -0.25) is 0 Å². The van der Waals surface area contributed by atoms with Crippen molar-refractivity contribution in [3.05, 3.63) is 76.4 Å². The molecule has 0 spiro atoms. The number of hydrogen-bond acceptors (Lipinski definition) is 4. The van der Waals surface area contributed by atoms with E-state index in [4.69, 9.17) is 16.6 Å². The first-order chi connectivity index (χ1) is 11.3. The minimum absolute atomic E-state index is 0.482. The van der Waals surface area contributed by atoms with Gasteiger partial charge in [0.1, 0.15) is 5.69 Å². The lowest BCUT2D eigenvalue weighted by Gasteiger charge is -2.05. The monoisotopic (exact) mass is 337 g/mol. The first-order valence-electron chi connectivity index (χ1n) is 7.20. The Morgan fingerprint density at radius 2 is 1.74 bits per heavy atom. The molecule has 0 unspecified atom stereocenters. The molecule has 5 heteroatoms. The summed E-state index contributed by atoms with van der Waals surface area (Å²) in [5.74, 6) is 0.566. The van der Waals surface area contributed by atoms with Gasteiger partial charge >= 0.3 is 0 Å². The second-order valence-corrected chi connectivity index (χ2v) is 6.42. The molecule has 0 N–H and O–H groups in total. The summed E-state index contributed by atoms with van der Waals surface area (Å²) in [4.78, 5) is 13.7. The second-order valence-electron chi connectivity index (χ2n) is 5.15. The molecule has 4 aromatic rings. The Bertz CT molecular complexity index is 966. The van der Waals surface area contributed by atoms with Gasteiger partial charge in [0.05, 0.1) is 10.2 Å². The Morgan fingerprint density at radius 1 is 0.870 bits per heavy atom. The van der Waals surface area contributed by atoms with Crippen LogP contribution in [0.5, 0.6) is 0 Å². The molecular weight excluding hydrogens is 326 g/mol. The fourth-order valence-electron chi connectivity index (χ4n) is 2.45. The highest BCUT2D eigenvalue weighted by atomic mass is 35.5. The Morgan fingerprint density at radius 3 is 2.61 bits per heavy atom. The average Bonchev–Trinajstić information content (AvgIpc) is 3.05. The van der Waals surface area contributed by atoms with Crippen LogP contribution < -0.4 is 0 Å². The Kier molecular flexibility index (Phi) is 3.77. The first kappa shape index (κ1) is 14.3. The van der Waals surface area contributed by atoms with Crippen LogP contribution in [0.4, 0.5) is 0 Å². The molecule has 23 heavy (non-hydrogen) atoms. The van der Waals surface area contributed by atoms with Crippen molar-refractivity contribution in [1.82, 2.24) is 15.0 Å². The molecule has 3 aromatic heterocycles. The summed E-state index contributed by atoms with van der Waals surface area (Å²) in [6.45, 7) is 0. The number of pyridine rings is 1. The van der Waals surface area contributed by atoms with Crippen molar-refractivity contribution in [1.29, 1.82) is 0 Å². The molecular formula is C18H12ClN3S. The summed E-state index contributed by atoms with van der Waals surface area (Å²) in [7, 11) is 0. The highest BCUT2D eigenvalue weighted by molar-refractivity contribution is 7.17. The maximum absolute atomic E-state index is 6.25. The standard InChI is InChI=1S/C18H12ClN3S/c19-17-16-14(9-10-23-16)21-18(22-17)15-8-4-7-13(20-15)11-12-5-2-1-3-6-12/h1-10H,11H2. The lowest BCUT2D eigenvalue weighted by atomic mass is 10.1. The molecule has 0 aliphatic carbocycles. The molecule has 112 valence electrons. The fraction of sp³-hybridized carbons (Fsp3) is 0.0556. The lowest BCUT2D eigenvalue weighted by molar-refractivity contribution is 1.06. The maximum Gasteiger partial charge on any atom is 0.180 e. The molecule has 0 saturated heterocycles. The summed E-state index contributed by atoms with van der Waals surface area (Å²) >= 11 is 7.80. The predicted molar refractivity (Wildman–Crippen MR) is 94.9 cm³/mol. The number of aromatic nitrogens is 3. The minimum atomic E-state index is 0.482. The summed E-state index contributed by atoms with van der Waals surface area (Å²) in [5.41, 5.74) is 3.82. The van der Waals surface area contributed by atoms with Crippen LogP contribution in [-0.2, 0) is 6.42 Å². The third-order valence-electron chi connectivity index (χ3n) is 3.53. The molecule has 0 bridgehead atoms. The van der Waals surface area contributed by atoms with Gasteiger partial charge in [-0.15, -0.1) is 11.3 Å². The van der Waals surface area contributed by atoms with Crippen molar-refractivity contribution in [3.63, 3.8) is 0 Å². The SMILES string of the molecule is Clc1nc(-c2cccc(Cc3ccccc3)n2)nc2ccsc12. The highest BCUT2D eigenvalue weighted by Gasteiger charge is 2.10. The van der Waals surface area contributed by atoms with Crippen LogP contribution in [0.2, 0.25) is 5.15 Å². The zero-order valence-electron chi connectivity index (χ0n) is 12.1. The molecule has 0 amide bonds. The van der Waals surface area contributed by atoms with Crippen LogP contribution in [0.3, 0.4) is 0 Å². The van der Waals surface area contributed by atoms with Gasteiger partial charge in [0.25, 0.3) is 0 Å². The summed E-state index contributed by atoms with van der Waals surface area (Å²) in [5, 5.41) is 2.45. The van der Waals surface area contributed by atoms with E-state index in [2.05, 4.69) is 22.1 Å². The summed E-state index contributed by atoms with van der Waals surface area (Å²) in [6, 6.07) is 18.1. The Balaban J connectivity index is 1.72. The van der Waals surface area contributed by atoms with Crippen LogP contribution in [-0.4, -0.2) is 15.0 Å².